The summed E-state index contributed by atoms with van der Waals surface area (Å²) in [6.07, 6.45) is 6.98. The summed E-state index contributed by atoms with van der Waals surface area (Å²) in [7, 11) is 0. The average molecular weight is 348 g/mol. The normalized spacial score (nSPS) is 49.0. The summed E-state index contributed by atoms with van der Waals surface area (Å²) in [5.41, 5.74) is 0.855. The summed E-state index contributed by atoms with van der Waals surface area (Å²) in [5, 5.41) is 11.1. The average Bonchev–Trinajstić information content (AvgIpc) is 2.91. The predicted octanol–water partition coefficient (Wildman–Crippen LogP) is 3.64. The van der Waals surface area contributed by atoms with E-state index in [9.17, 15) is 19.1 Å². The molecule has 0 aliphatic heterocycles. The van der Waals surface area contributed by atoms with Crippen LogP contribution in [-0.4, -0.2) is 29.5 Å². The summed E-state index contributed by atoms with van der Waals surface area (Å²) in [4.78, 5) is 24.0. The van der Waals surface area contributed by atoms with E-state index >= 15 is 0 Å². The number of halogens is 1. The van der Waals surface area contributed by atoms with Crippen molar-refractivity contribution >= 4 is 11.6 Å². The molecule has 25 heavy (non-hydrogen) atoms. The van der Waals surface area contributed by atoms with Gasteiger partial charge in [0.1, 0.15) is 6.67 Å². The van der Waals surface area contributed by atoms with E-state index in [0.29, 0.717) is 24.7 Å². The molecule has 0 amide bonds. The highest BCUT2D eigenvalue weighted by atomic mass is 19.1. The van der Waals surface area contributed by atoms with Gasteiger partial charge in [-0.3, -0.25) is 9.59 Å². The molecule has 1 N–H and O–H groups in total. The van der Waals surface area contributed by atoms with Gasteiger partial charge in [-0.25, -0.2) is 4.39 Å². The van der Waals surface area contributed by atoms with Crippen molar-refractivity contribution in [2.75, 3.05) is 6.67 Å². The van der Waals surface area contributed by atoms with Crippen LogP contribution in [0.1, 0.15) is 58.8 Å². The van der Waals surface area contributed by atoms with E-state index in [4.69, 9.17) is 0 Å². The van der Waals surface area contributed by atoms with Crippen molar-refractivity contribution in [1.82, 2.24) is 0 Å². The lowest BCUT2D eigenvalue weighted by molar-refractivity contribution is -0.145. The van der Waals surface area contributed by atoms with Crippen LogP contribution >= 0.6 is 0 Å². The molecule has 3 fully saturated rings. The van der Waals surface area contributed by atoms with Crippen molar-refractivity contribution in [1.29, 1.82) is 0 Å². The lowest BCUT2D eigenvalue weighted by Gasteiger charge is -2.59. The molecule has 4 aliphatic rings. The Hall–Kier alpha value is -1.03. The Morgan fingerprint density at radius 3 is 2.76 bits per heavy atom. The summed E-state index contributed by atoms with van der Waals surface area (Å²) in [6, 6.07) is 0. The third-order valence-electron chi connectivity index (χ3n) is 8.41. The van der Waals surface area contributed by atoms with Gasteiger partial charge in [-0.05, 0) is 73.2 Å². The van der Waals surface area contributed by atoms with Crippen LogP contribution in [0.5, 0.6) is 0 Å². The Bertz CT molecular complexity index is 641. The number of hydrogen-bond donors (Lipinski definition) is 1. The number of alkyl halides is 1. The van der Waals surface area contributed by atoms with Crippen LogP contribution in [-0.2, 0) is 9.59 Å². The van der Waals surface area contributed by atoms with Crippen LogP contribution in [0.2, 0.25) is 0 Å². The third-order valence-corrected chi connectivity index (χ3v) is 8.41. The first-order valence-electron chi connectivity index (χ1n) is 9.82. The fraction of sp³-hybridized carbons (Fsp3) is 0.810. The Morgan fingerprint density at radius 1 is 1.28 bits per heavy atom. The second-order valence-corrected chi connectivity index (χ2v) is 9.40. The highest BCUT2D eigenvalue weighted by Crippen LogP contribution is 2.66. The highest BCUT2D eigenvalue weighted by Gasteiger charge is 2.62. The zero-order valence-electron chi connectivity index (χ0n) is 15.3. The summed E-state index contributed by atoms with van der Waals surface area (Å²) >= 11 is 0. The van der Waals surface area contributed by atoms with Gasteiger partial charge >= 0.3 is 0 Å². The largest absolute Gasteiger partial charge is 0.393 e. The molecule has 3 saturated carbocycles. The van der Waals surface area contributed by atoms with Crippen LogP contribution in [0.15, 0.2) is 11.6 Å². The second kappa shape index (κ2) is 5.73. The molecule has 4 heteroatoms. The van der Waals surface area contributed by atoms with E-state index in [2.05, 4.69) is 13.8 Å². The first-order chi connectivity index (χ1) is 11.8. The van der Waals surface area contributed by atoms with Crippen molar-refractivity contribution < 1.29 is 19.1 Å². The molecule has 7 atom stereocenters. The maximum atomic E-state index is 13.1. The minimum Gasteiger partial charge on any atom is -0.393 e. The lowest BCUT2D eigenvalue weighted by Crippen LogP contribution is -2.57. The zero-order valence-corrected chi connectivity index (χ0v) is 15.3. The minimum absolute atomic E-state index is 0.0975. The van der Waals surface area contributed by atoms with E-state index in [1.807, 2.05) is 6.08 Å². The fourth-order valence-electron chi connectivity index (χ4n) is 7.31. The van der Waals surface area contributed by atoms with Gasteiger partial charge in [-0.15, -0.1) is 0 Å². The number of ketones is 2. The quantitative estimate of drug-likeness (QED) is 0.829. The Morgan fingerprint density at radius 2 is 2.04 bits per heavy atom. The molecule has 138 valence electrons. The molecular weight excluding hydrogens is 319 g/mol. The molecule has 0 aromatic heterocycles. The molecule has 3 nitrogen and oxygen atoms in total. The van der Waals surface area contributed by atoms with Gasteiger partial charge in [-0.1, -0.05) is 19.4 Å². The van der Waals surface area contributed by atoms with Crippen molar-refractivity contribution in [2.45, 2.75) is 64.9 Å². The Kier molecular flexibility index (Phi) is 3.99. The standard InChI is InChI=1S/C21H29FO3/c1-20-8-7-13(23)9-12(20)3-4-14-15-5-6-16(18(25)11-22)21(15,2)10-17(24)19(14)20/h9,14-17,19,24H,3-8,10-11H2,1-2H3/t14-,15-,16+,17+,19+,20-,21-/m0/s1. The van der Waals surface area contributed by atoms with E-state index in [-0.39, 0.29) is 34.2 Å². The summed E-state index contributed by atoms with van der Waals surface area (Å²) < 4.78 is 13.1. The maximum Gasteiger partial charge on any atom is 0.167 e. The molecule has 4 aliphatic carbocycles. The van der Waals surface area contributed by atoms with E-state index in [1.54, 1.807) is 0 Å². The number of allylic oxidation sites excluding steroid dienone is 1. The van der Waals surface area contributed by atoms with Crippen molar-refractivity contribution in [2.24, 2.45) is 34.5 Å². The molecule has 0 heterocycles. The van der Waals surface area contributed by atoms with Gasteiger partial charge in [0.25, 0.3) is 0 Å². The number of aliphatic hydroxyl groups excluding tert-OH is 1. The first kappa shape index (κ1) is 17.4. The van der Waals surface area contributed by atoms with E-state index in [1.165, 1.54) is 5.57 Å². The Labute approximate surface area is 149 Å². The molecule has 0 unspecified atom stereocenters. The second-order valence-electron chi connectivity index (χ2n) is 9.40. The number of carbonyl (C=O) groups is 2. The summed E-state index contributed by atoms with van der Waals surface area (Å²) in [6.45, 7) is 3.46. The van der Waals surface area contributed by atoms with Crippen LogP contribution in [0.4, 0.5) is 4.39 Å². The van der Waals surface area contributed by atoms with E-state index in [0.717, 1.165) is 32.1 Å². The number of fused-ring (bicyclic) bond motifs is 5. The molecule has 0 aromatic carbocycles. The van der Waals surface area contributed by atoms with E-state index < -0.39 is 12.8 Å². The molecule has 0 radical (unpaired) electrons. The van der Waals surface area contributed by atoms with Crippen LogP contribution in [0.25, 0.3) is 0 Å². The van der Waals surface area contributed by atoms with Gasteiger partial charge in [0.15, 0.2) is 11.6 Å². The first-order valence-corrected chi connectivity index (χ1v) is 9.82. The monoisotopic (exact) mass is 348 g/mol. The number of aliphatic hydroxyl groups is 1. The van der Waals surface area contributed by atoms with Gasteiger partial charge in [0.05, 0.1) is 6.10 Å². The molecule has 4 rings (SSSR count). The molecule has 0 bridgehead atoms. The number of rotatable bonds is 2. The molecule has 0 spiro atoms. The number of Topliss-reactive ketones (excluding diaryl/α,β-unsaturated/α-hetero) is 1. The van der Waals surface area contributed by atoms with Crippen molar-refractivity contribution in [3.05, 3.63) is 11.6 Å². The lowest BCUT2D eigenvalue weighted by atomic mass is 9.46. The van der Waals surface area contributed by atoms with Gasteiger partial charge in [0.2, 0.25) is 0 Å². The van der Waals surface area contributed by atoms with Gasteiger partial charge in [0, 0.05) is 12.3 Å². The minimum atomic E-state index is -0.885. The molecular formula is C21H29FO3. The van der Waals surface area contributed by atoms with Gasteiger partial charge in [-0.2, -0.15) is 0 Å². The molecule has 0 aromatic rings. The zero-order chi connectivity index (χ0) is 18.0. The molecule has 0 saturated heterocycles. The number of hydrogen-bond acceptors (Lipinski definition) is 3. The third kappa shape index (κ3) is 2.32. The summed E-state index contributed by atoms with van der Waals surface area (Å²) in [5.74, 6) is 0.629. The smallest absolute Gasteiger partial charge is 0.167 e. The van der Waals surface area contributed by atoms with Crippen LogP contribution < -0.4 is 0 Å². The van der Waals surface area contributed by atoms with Crippen molar-refractivity contribution in [3.8, 4) is 0 Å². The topological polar surface area (TPSA) is 54.4 Å². The van der Waals surface area contributed by atoms with Crippen molar-refractivity contribution in [3.63, 3.8) is 0 Å². The predicted molar refractivity (Wildman–Crippen MR) is 92.6 cm³/mol. The fourth-order valence-corrected chi connectivity index (χ4v) is 7.31. The Balaban J connectivity index is 1.70. The SMILES string of the molecule is C[C@]12C[C@@H](O)[C@H]3[C@@H](CCC4=CC(=O)CC[C@@]43C)[C@@H]1CC[C@@H]2C(=O)CF. The number of carbonyl (C=O) groups excluding carboxylic acids is 2. The maximum absolute atomic E-state index is 13.1. The van der Waals surface area contributed by atoms with Crippen LogP contribution in [0, 0.1) is 34.5 Å². The highest BCUT2D eigenvalue weighted by molar-refractivity contribution is 5.91. The van der Waals surface area contributed by atoms with Crippen LogP contribution in [0.3, 0.4) is 0 Å². The van der Waals surface area contributed by atoms with Gasteiger partial charge < -0.3 is 5.11 Å².